The molecule has 4 nitrogen and oxygen atoms in total. The Labute approximate surface area is 150 Å². The summed E-state index contributed by atoms with van der Waals surface area (Å²) in [6.45, 7) is 4.69. The second kappa shape index (κ2) is 9.70. The van der Waals surface area contributed by atoms with E-state index < -0.39 is 0 Å². The first-order valence-electron chi connectivity index (χ1n) is 8.51. The SMILES string of the molecule is CCCCc1oc2ccccc2c1CN(C)C(=O)CCC(C)N.Cl. The van der Waals surface area contributed by atoms with E-state index in [9.17, 15) is 4.79 Å². The van der Waals surface area contributed by atoms with Crippen LogP contribution in [0.5, 0.6) is 0 Å². The maximum absolute atomic E-state index is 12.3. The topological polar surface area (TPSA) is 59.5 Å². The number of furan rings is 1. The summed E-state index contributed by atoms with van der Waals surface area (Å²) in [7, 11) is 1.86. The van der Waals surface area contributed by atoms with Crippen LogP contribution in [-0.4, -0.2) is 23.9 Å². The van der Waals surface area contributed by atoms with Gasteiger partial charge in [0.1, 0.15) is 11.3 Å². The Kier molecular flexibility index (Phi) is 8.29. The molecule has 1 amide bonds. The van der Waals surface area contributed by atoms with Gasteiger partial charge in [-0.15, -0.1) is 12.4 Å². The Morgan fingerprint density at radius 1 is 1.33 bits per heavy atom. The second-order valence-electron chi connectivity index (χ2n) is 6.37. The summed E-state index contributed by atoms with van der Waals surface area (Å²) in [5.74, 6) is 1.15. The van der Waals surface area contributed by atoms with Crippen LogP contribution in [-0.2, 0) is 17.8 Å². The zero-order valence-corrected chi connectivity index (χ0v) is 15.7. The number of para-hydroxylation sites is 1. The third-order valence-electron chi connectivity index (χ3n) is 4.17. The largest absolute Gasteiger partial charge is 0.461 e. The van der Waals surface area contributed by atoms with Gasteiger partial charge in [0.05, 0.1) is 0 Å². The van der Waals surface area contributed by atoms with Crippen molar-refractivity contribution in [3.8, 4) is 0 Å². The first-order chi connectivity index (χ1) is 11.0. The van der Waals surface area contributed by atoms with Crippen molar-refractivity contribution in [3.05, 3.63) is 35.6 Å². The van der Waals surface area contributed by atoms with E-state index in [-0.39, 0.29) is 24.4 Å². The van der Waals surface area contributed by atoms with E-state index in [0.717, 1.165) is 48.0 Å². The molecular weight excluding hydrogens is 324 g/mol. The van der Waals surface area contributed by atoms with Crippen LogP contribution in [0.2, 0.25) is 0 Å². The Balaban J connectivity index is 0.00000288. The van der Waals surface area contributed by atoms with Gasteiger partial charge in [0, 0.05) is 43.4 Å². The maximum atomic E-state index is 12.3. The number of fused-ring (bicyclic) bond motifs is 1. The van der Waals surface area contributed by atoms with Crippen molar-refractivity contribution >= 4 is 29.3 Å². The lowest BCUT2D eigenvalue weighted by atomic mass is 10.1. The fourth-order valence-electron chi connectivity index (χ4n) is 2.73. The number of carbonyl (C=O) groups is 1. The predicted molar refractivity (Wildman–Crippen MR) is 101 cm³/mol. The van der Waals surface area contributed by atoms with E-state index >= 15 is 0 Å². The minimum atomic E-state index is 0. The van der Waals surface area contributed by atoms with E-state index in [2.05, 4.69) is 13.0 Å². The van der Waals surface area contributed by atoms with E-state index in [0.29, 0.717) is 13.0 Å². The van der Waals surface area contributed by atoms with Crippen LogP contribution in [0.4, 0.5) is 0 Å². The molecule has 0 bridgehead atoms. The first kappa shape index (κ1) is 20.5. The van der Waals surface area contributed by atoms with Crippen LogP contribution in [0.1, 0.15) is 50.9 Å². The van der Waals surface area contributed by atoms with Crippen molar-refractivity contribution in [2.75, 3.05) is 7.05 Å². The number of rotatable bonds is 8. The van der Waals surface area contributed by atoms with Gasteiger partial charge in [-0.05, 0) is 25.8 Å². The summed E-state index contributed by atoms with van der Waals surface area (Å²) < 4.78 is 6.02. The number of nitrogens with zero attached hydrogens (tertiary/aromatic N) is 1. The number of benzene rings is 1. The highest BCUT2D eigenvalue weighted by Gasteiger charge is 2.17. The molecule has 5 heteroatoms. The Hall–Kier alpha value is -1.52. The number of halogens is 1. The summed E-state index contributed by atoms with van der Waals surface area (Å²) in [5.41, 5.74) is 7.80. The summed E-state index contributed by atoms with van der Waals surface area (Å²) >= 11 is 0. The van der Waals surface area contributed by atoms with E-state index in [4.69, 9.17) is 10.2 Å². The molecule has 0 saturated carbocycles. The van der Waals surface area contributed by atoms with Gasteiger partial charge in [-0.1, -0.05) is 31.5 Å². The molecule has 1 aromatic heterocycles. The molecule has 0 aliphatic rings. The number of hydrogen-bond donors (Lipinski definition) is 1. The van der Waals surface area contributed by atoms with Crippen molar-refractivity contribution in [2.45, 2.75) is 58.5 Å². The Bertz CT molecular complexity index is 652. The van der Waals surface area contributed by atoms with Crippen LogP contribution in [0, 0.1) is 0 Å². The van der Waals surface area contributed by atoms with Crippen LogP contribution < -0.4 is 5.73 Å². The Morgan fingerprint density at radius 3 is 2.71 bits per heavy atom. The monoisotopic (exact) mass is 352 g/mol. The van der Waals surface area contributed by atoms with Gasteiger partial charge in [-0.3, -0.25) is 4.79 Å². The molecule has 1 unspecified atom stereocenters. The molecule has 0 aliphatic carbocycles. The standard InChI is InChI=1S/C19H28N2O2.ClH/c1-4-5-9-18-16(15-8-6-7-10-17(15)23-18)13-21(3)19(22)12-11-14(2)20;/h6-8,10,14H,4-5,9,11-13,20H2,1-3H3;1H. The average Bonchev–Trinajstić information content (AvgIpc) is 2.88. The van der Waals surface area contributed by atoms with Crippen molar-refractivity contribution in [2.24, 2.45) is 5.73 Å². The minimum absolute atomic E-state index is 0. The molecule has 2 aromatic rings. The number of aryl methyl sites for hydroxylation is 1. The molecule has 0 spiro atoms. The van der Waals surface area contributed by atoms with Crippen LogP contribution in [0.15, 0.2) is 28.7 Å². The Morgan fingerprint density at radius 2 is 2.04 bits per heavy atom. The molecule has 0 saturated heterocycles. The quantitative estimate of drug-likeness (QED) is 0.771. The lowest BCUT2D eigenvalue weighted by Crippen LogP contribution is -2.28. The fraction of sp³-hybridized carbons (Fsp3) is 0.526. The normalized spacial score (nSPS) is 12.0. The number of unbranched alkanes of at least 4 members (excludes halogenated alkanes) is 1. The third-order valence-corrected chi connectivity index (χ3v) is 4.17. The number of amides is 1. The maximum Gasteiger partial charge on any atom is 0.222 e. The summed E-state index contributed by atoms with van der Waals surface area (Å²) in [4.78, 5) is 14.1. The van der Waals surface area contributed by atoms with Gasteiger partial charge < -0.3 is 15.1 Å². The highest BCUT2D eigenvalue weighted by Crippen LogP contribution is 2.28. The lowest BCUT2D eigenvalue weighted by Gasteiger charge is -2.18. The van der Waals surface area contributed by atoms with Crippen molar-refractivity contribution < 1.29 is 9.21 Å². The van der Waals surface area contributed by atoms with Crippen molar-refractivity contribution in [3.63, 3.8) is 0 Å². The molecule has 24 heavy (non-hydrogen) atoms. The molecule has 1 atom stereocenters. The zero-order chi connectivity index (χ0) is 16.8. The number of nitrogens with two attached hydrogens (primary N) is 1. The van der Waals surface area contributed by atoms with Gasteiger partial charge in [0.15, 0.2) is 0 Å². The predicted octanol–water partition coefficient (Wildman–Crippen LogP) is 4.28. The van der Waals surface area contributed by atoms with Crippen molar-refractivity contribution in [1.29, 1.82) is 0 Å². The van der Waals surface area contributed by atoms with Gasteiger partial charge in [0.25, 0.3) is 0 Å². The molecular formula is C19H29ClN2O2. The highest BCUT2D eigenvalue weighted by molar-refractivity contribution is 5.85. The van der Waals surface area contributed by atoms with Gasteiger partial charge in [-0.25, -0.2) is 0 Å². The van der Waals surface area contributed by atoms with Crippen LogP contribution >= 0.6 is 12.4 Å². The molecule has 0 aliphatic heterocycles. The van der Waals surface area contributed by atoms with Crippen LogP contribution in [0.3, 0.4) is 0 Å². The van der Waals surface area contributed by atoms with Gasteiger partial charge in [0.2, 0.25) is 5.91 Å². The fourth-order valence-corrected chi connectivity index (χ4v) is 2.73. The van der Waals surface area contributed by atoms with E-state index in [1.54, 1.807) is 4.90 Å². The summed E-state index contributed by atoms with van der Waals surface area (Å²) in [6.07, 6.45) is 4.35. The average molecular weight is 353 g/mol. The summed E-state index contributed by atoms with van der Waals surface area (Å²) in [5, 5.41) is 1.12. The lowest BCUT2D eigenvalue weighted by molar-refractivity contribution is -0.130. The molecule has 0 fully saturated rings. The number of hydrogen-bond acceptors (Lipinski definition) is 3. The van der Waals surface area contributed by atoms with Gasteiger partial charge in [-0.2, -0.15) is 0 Å². The zero-order valence-electron chi connectivity index (χ0n) is 14.9. The smallest absolute Gasteiger partial charge is 0.222 e. The third kappa shape index (κ3) is 5.25. The molecule has 0 radical (unpaired) electrons. The number of carbonyl (C=O) groups excluding carboxylic acids is 1. The molecule has 1 aromatic carbocycles. The van der Waals surface area contributed by atoms with E-state index in [1.807, 2.05) is 32.2 Å². The molecule has 1 heterocycles. The highest BCUT2D eigenvalue weighted by atomic mass is 35.5. The second-order valence-corrected chi connectivity index (χ2v) is 6.37. The molecule has 134 valence electrons. The molecule has 2 rings (SSSR count). The first-order valence-corrected chi connectivity index (χ1v) is 8.51. The minimum Gasteiger partial charge on any atom is -0.461 e. The van der Waals surface area contributed by atoms with Crippen LogP contribution in [0.25, 0.3) is 11.0 Å². The van der Waals surface area contributed by atoms with Crippen molar-refractivity contribution in [1.82, 2.24) is 4.90 Å². The van der Waals surface area contributed by atoms with Gasteiger partial charge >= 0.3 is 0 Å². The molecule has 2 N–H and O–H groups in total. The summed E-state index contributed by atoms with van der Waals surface area (Å²) in [6, 6.07) is 8.12. The van der Waals surface area contributed by atoms with E-state index in [1.165, 1.54) is 0 Å².